The first-order chi connectivity index (χ1) is 8.63. The minimum Gasteiger partial charge on any atom is -0.383 e. The first kappa shape index (κ1) is 12.6. The molecular weight excluding hydrogens is 226 g/mol. The number of aromatic nitrogens is 3. The van der Waals surface area contributed by atoms with Crippen molar-refractivity contribution in [1.82, 2.24) is 20.1 Å². The quantitative estimate of drug-likeness (QED) is 0.854. The van der Waals surface area contributed by atoms with Crippen molar-refractivity contribution < 1.29 is 0 Å². The van der Waals surface area contributed by atoms with Crippen LogP contribution >= 0.6 is 0 Å². The van der Waals surface area contributed by atoms with Crippen LogP contribution in [0.25, 0.3) is 0 Å². The van der Waals surface area contributed by atoms with Crippen molar-refractivity contribution in [2.24, 2.45) is 7.05 Å². The Hall–Kier alpha value is -1.88. The highest BCUT2D eigenvalue weighted by Crippen LogP contribution is 2.27. The second kappa shape index (κ2) is 5.18. The Morgan fingerprint density at radius 2 is 2.22 bits per heavy atom. The molecule has 3 N–H and O–H groups in total. The van der Waals surface area contributed by atoms with Crippen LogP contribution in [-0.2, 0) is 7.05 Å². The molecule has 0 saturated carbocycles. The van der Waals surface area contributed by atoms with Gasteiger partial charge in [0, 0.05) is 25.0 Å². The summed E-state index contributed by atoms with van der Waals surface area (Å²) in [6, 6.07) is 3.96. The predicted octanol–water partition coefficient (Wildman–Crippen LogP) is 1.40. The average Bonchev–Trinajstić information content (AvgIpc) is 2.74. The zero-order chi connectivity index (χ0) is 13.1. The molecule has 1 unspecified atom stereocenters. The third-order valence-corrected chi connectivity index (χ3v) is 2.97. The molecule has 2 aromatic heterocycles. The maximum Gasteiger partial charge on any atom is 0.128 e. The van der Waals surface area contributed by atoms with Gasteiger partial charge in [-0.1, -0.05) is 6.92 Å². The molecule has 5 heteroatoms. The molecule has 0 aliphatic carbocycles. The van der Waals surface area contributed by atoms with Gasteiger partial charge < -0.3 is 11.1 Å². The summed E-state index contributed by atoms with van der Waals surface area (Å²) in [4.78, 5) is 4.18. The zero-order valence-electron chi connectivity index (χ0n) is 11.0. The summed E-state index contributed by atoms with van der Waals surface area (Å²) in [5.74, 6) is 0.562. The average molecular weight is 245 g/mol. The molecule has 0 amide bonds. The molecule has 0 saturated heterocycles. The normalized spacial score (nSPS) is 12.6. The highest BCUT2D eigenvalue weighted by molar-refractivity contribution is 5.48. The lowest BCUT2D eigenvalue weighted by atomic mass is 10.00. The van der Waals surface area contributed by atoms with Gasteiger partial charge in [0.05, 0.1) is 11.7 Å². The van der Waals surface area contributed by atoms with Gasteiger partial charge in [0.1, 0.15) is 5.82 Å². The zero-order valence-corrected chi connectivity index (χ0v) is 11.0. The number of aryl methyl sites for hydroxylation is 2. The fourth-order valence-electron chi connectivity index (χ4n) is 2.11. The summed E-state index contributed by atoms with van der Waals surface area (Å²) >= 11 is 0. The van der Waals surface area contributed by atoms with Crippen LogP contribution in [0.3, 0.4) is 0 Å². The van der Waals surface area contributed by atoms with E-state index in [1.165, 1.54) is 0 Å². The van der Waals surface area contributed by atoms with Gasteiger partial charge in [-0.3, -0.25) is 4.68 Å². The smallest absolute Gasteiger partial charge is 0.128 e. The second-order valence-electron chi connectivity index (χ2n) is 4.33. The Morgan fingerprint density at radius 1 is 1.44 bits per heavy atom. The molecule has 0 radical (unpaired) electrons. The number of nitrogens with one attached hydrogen (secondary N) is 1. The van der Waals surface area contributed by atoms with Crippen LogP contribution in [0.4, 0.5) is 5.82 Å². The van der Waals surface area contributed by atoms with E-state index < -0.39 is 0 Å². The lowest BCUT2D eigenvalue weighted by Gasteiger charge is -2.19. The molecule has 0 fully saturated rings. The van der Waals surface area contributed by atoms with Gasteiger partial charge in [-0.15, -0.1) is 0 Å². The first-order valence-electron chi connectivity index (χ1n) is 6.07. The van der Waals surface area contributed by atoms with E-state index in [0.717, 1.165) is 23.4 Å². The second-order valence-corrected chi connectivity index (χ2v) is 4.33. The van der Waals surface area contributed by atoms with Crippen LogP contribution in [0.2, 0.25) is 0 Å². The van der Waals surface area contributed by atoms with Crippen LogP contribution < -0.4 is 11.1 Å². The van der Waals surface area contributed by atoms with E-state index in [2.05, 4.69) is 22.3 Å². The molecule has 2 heterocycles. The number of nitrogens with zero attached hydrogens (tertiary/aromatic N) is 3. The molecule has 96 valence electrons. The largest absolute Gasteiger partial charge is 0.383 e. The van der Waals surface area contributed by atoms with Crippen LogP contribution in [0.15, 0.2) is 24.5 Å². The Bertz CT molecular complexity index is 512. The minimum absolute atomic E-state index is 0.00935. The number of rotatable bonds is 4. The summed E-state index contributed by atoms with van der Waals surface area (Å²) in [6.45, 7) is 4.95. The van der Waals surface area contributed by atoms with Crippen molar-refractivity contribution in [2.45, 2.75) is 19.9 Å². The molecule has 0 aliphatic rings. The van der Waals surface area contributed by atoms with Gasteiger partial charge in [0.15, 0.2) is 0 Å². The lowest BCUT2D eigenvalue weighted by molar-refractivity contribution is 0.597. The molecule has 1 atom stereocenters. The van der Waals surface area contributed by atoms with Gasteiger partial charge in [0.25, 0.3) is 0 Å². The summed E-state index contributed by atoms with van der Waals surface area (Å²) in [5.41, 5.74) is 9.11. The summed E-state index contributed by atoms with van der Waals surface area (Å²) in [7, 11) is 1.91. The van der Waals surface area contributed by atoms with Gasteiger partial charge >= 0.3 is 0 Å². The molecular formula is C13H19N5. The number of nitrogens with two attached hydrogens (primary N) is 1. The Labute approximate surface area is 107 Å². The molecule has 2 aromatic rings. The predicted molar refractivity (Wildman–Crippen MR) is 72.1 cm³/mol. The van der Waals surface area contributed by atoms with Crippen LogP contribution in [-0.4, -0.2) is 21.3 Å². The van der Waals surface area contributed by atoms with Gasteiger partial charge in [-0.2, -0.15) is 5.10 Å². The van der Waals surface area contributed by atoms with Gasteiger partial charge in [-0.05, 0) is 31.2 Å². The molecule has 0 spiro atoms. The molecule has 5 nitrogen and oxygen atoms in total. The third kappa shape index (κ3) is 2.36. The van der Waals surface area contributed by atoms with E-state index in [9.17, 15) is 0 Å². The summed E-state index contributed by atoms with van der Waals surface area (Å²) in [5, 5.41) is 7.87. The van der Waals surface area contributed by atoms with Gasteiger partial charge in [-0.25, -0.2) is 4.98 Å². The monoisotopic (exact) mass is 245 g/mol. The van der Waals surface area contributed by atoms with Crippen LogP contribution in [0.1, 0.15) is 29.8 Å². The third-order valence-electron chi connectivity index (χ3n) is 2.97. The number of hydrogen-bond acceptors (Lipinski definition) is 4. The highest BCUT2D eigenvalue weighted by Gasteiger charge is 2.20. The topological polar surface area (TPSA) is 68.8 Å². The van der Waals surface area contributed by atoms with Crippen molar-refractivity contribution >= 4 is 5.82 Å². The van der Waals surface area contributed by atoms with Gasteiger partial charge in [0.2, 0.25) is 0 Å². The molecule has 0 aromatic carbocycles. The molecule has 0 aliphatic heterocycles. The fourth-order valence-corrected chi connectivity index (χ4v) is 2.11. The Balaban J connectivity index is 2.47. The van der Waals surface area contributed by atoms with Crippen LogP contribution in [0, 0.1) is 6.92 Å². The maximum absolute atomic E-state index is 6.01. The highest BCUT2D eigenvalue weighted by atomic mass is 15.3. The summed E-state index contributed by atoms with van der Waals surface area (Å²) in [6.07, 6.45) is 3.66. The van der Waals surface area contributed by atoms with E-state index in [1.807, 2.05) is 32.3 Å². The number of pyridine rings is 1. The Morgan fingerprint density at radius 3 is 2.78 bits per heavy atom. The number of anilines is 1. The standard InChI is InChI=1S/C13H19N5/c1-4-15-12(10-6-8-18(3)17-10)11-9(2)5-7-16-13(11)14/h5-8,12,15H,4H2,1-3H3,(H2,14,16). The van der Waals surface area contributed by atoms with Crippen molar-refractivity contribution in [1.29, 1.82) is 0 Å². The number of nitrogen functional groups attached to an aromatic ring is 1. The fraction of sp³-hybridized carbons (Fsp3) is 0.385. The molecule has 2 rings (SSSR count). The van der Waals surface area contributed by atoms with E-state index in [1.54, 1.807) is 10.9 Å². The van der Waals surface area contributed by atoms with Crippen LogP contribution in [0.5, 0.6) is 0 Å². The van der Waals surface area contributed by atoms with Crippen molar-refractivity contribution in [2.75, 3.05) is 12.3 Å². The van der Waals surface area contributed by atoms with Crippen molar-refractivity contribution in [3.05, 3.63) is 41.3 Å². The minimum atomic E-state index is -0.00935. The molecule has 18 heavy (non-hydrogen) atoms. The number of hydrogen-bond donors (Lipinski definition) is 2. The van der Waals surface area contributed by atoms with Crippen molar-refractivity contribution in [3.8, 4) is 0 Å². The molecule has 0 bridgehead atoms. The lowest BCUT2D eigenvalue weighted by Crippen LogP contribution is -2.24. The maximum atomic E-state index is 6.01. The van der Waals surface area contributed by atoms with E-state index >= 15 is 0 Å². The van der Waals surface area contributed by atoms with E-state index in [0.29, 0.717) is 5.82 Å². The Kier molecular flexibility index (Phi) is 3.62. The van der Waals surface area contributed by atoms with E-state index in [4.69, 9.17) is 5.73 Å². The SMILES string of the molecule is CCNC(c1ccn(C)n1)c1c(C)ccnc1N. The van der Waals surface area contributed by atoms with E-state index in [-0.39, 0.29) is 6.04 Å². The summed E-state index contributed by atoms with van der Waals surface area (Å²) < 4.78 is 1.79. The first-order valence-corrected chi connectivity index (χ1v) is 6.07. The van der Waals surface area contributed by atoms with Crippen molar-refractivity contribution in [3.63, 3.8) is 0 Å².